The average Bonchev–Trinajstić information content (AvgIpc) is 3.77. The smallest absolute Gasteiger partial charge is 0.164 e. The molecule has 12 aromatic rings. The van der Waals surface area contributed by atoms with Gasteiger partial charge in [-0.15, -0.1) is 0 Å². The summed E-state index contributed by atoms with van der Waals surface area (Å²) in [5.74, 6) is 1.85. The summed E-state index contributed by atoms with van der Waals surface area (Å²) >= 11 is 0. The van der Waals surface area contributed by atoms with Crippen molar-refractivity contribution in [2.75, 3.05) is 0 Å². The summed E-state index contributed by atoms with van der Waals surface area (Å²) in [5.41, 5.74) is 17.5. The third-order valence-corrected chi connectivity index (χ3v) is 13.7. The van der Waals surface area contributed by atoms with E-state index in [2.05, 4.69) is 247 Å². The van der Waals surface area contributed by atoms with Gasteiger partial charge >= 0.3 is 0 Å². The van der Waals surface area contributed by atoms with Crippen LogP contribution in [0.1, 0.15) is 22.3 Å². The highest BCUT2D eigenvalue weighted by molar-refractivity contribution is 6.13. The summed E-state index contributed by atoms with van der Waals surface area (Å²) in [4.78, 5) is 15.6. The van der Waals surface area contributed by atoms with Gasteiger partial charge in [-0.3, -0.25) is 0 Å². The Bertz CT molecular complexity index is 3670. The Morgan fingerprint density at radius 3 is 1.31 bits per heavy atom. The highest BCUT2D eigenvalue weighted by atomic mass is 15.0. The summed E-state index contributed by atoms with van der Waals surface area (Å²) < 4.78 is 2.49. The minimum Gasteiger partial charge on any atom is -0.309 e. The van der Waals surface area contributed by atoms with Crippen LogP contribution in [0.4, 0.5) is 0 Å². The molecule has 0 saturated carbocycles. The number of nitrogens with zero attached hydrogens (tertiary/aromatic N) is 4. The molecule has 3 heterocycles. The fraction of sp³-hybridized carbons (Fsp3) is 0.0156. The van der Waals surface area contributed by atoms with Crippen LogP contribution in [0.2, 0.25) is 0 Å². The predicted octanol–water partition coefficient (Wildman–Crippen LogP) is 15.7. The molecule has 0 spiro atoms. The molecule has 1 aliphatic rings. The second-order valence-corrected chi connectivity index (χ2v) is 17.5. The largest absolute Gasteiger partial charge is 0.309 e. The van der Waals surface area contributed by atoms with E-state index in [1.54, 1.807) is 0 Å². The molecule has 13 rings (SSSR count). The van der Waals surface area contributed by atoms with Gasteiger partial charge in [-0.1, -0.05) is 224 Å². The molecule has 0 atom stereocenters. The van der Waals surface area contributed by atoms with Gasteiger partial charge < -0.3 is 4.57 Å². The van der Waals surface area contributed by atoms with Gasteiger partial charge in [-0.2, -0.15) is 0 Å². The van der Waals surface area contributed by atoms with E-state index >= 15 is 0 Å². The topological polar surface area (TPSA) is 43.6 Å². The molecule has 10 aromatic carbocycles. The van der Waals surface area contributed by atoms with Crippen molar-refractivity contribution in [3.63, 3.8) is 0 Å². The molecular formula is C64H42N4. The minimum atomic E-state index is -0.612. The van der Waals surface area contributed by atoms with E-state index in [-0.39, 0.29) is 0 Å². The number of hydrogen-bond donors (Lipinski definition) is 0. The van der Waals surface area contributed by atoms with Crippen LogP contribution in [0.15, 0.2) is 255 Å². The molecule has 4 nitrogen and oxygen atoms in total. The van der Waals surface area contributed by atoms with Crippen LogP contribution < -0.4 is 0 Å². The number of fused-ring (bicyclic) bond motifs is 5. The highest BCUT2D eigenvalue weighted by Crippen LogP contribution is 2.55. The van der Waals surface area contributed by atoms with Crippen LogP contribution in [0.25, 0.3) is 95.0 Å². The maximum absolute atomic E-state index is 5.24. The number of para-hydroxylation sites is 2. The molecule has 0 aliphatic carbocycles. The quantitative estimate of drug-likeness (QED) is 0.153. The fourth-order valence-electron chi connectivity index (χ4n) is 10.6. The summed E-state index contributed by atoms with van der Waals surface area (Å²) in [6.07, 6.45) is 0. The first kappa shape index (κ1) is 39.4. The summed E-state index contributed by atoms with van der Waals surface area (Å²) in [6.45, 7) is 0. The van der Waals surface area contributed by atoms with E-state index in [1.807, 2.05) is 12.1 Å². The second kappa shape index (κ2) is 16.2. The maximum Gasteiger partial charge on any atom is 0.164 e. The Hall–Kier alpha value is -8.99. The van der Waals surface area contributed by atoms with Gasteiger partial charge in [-0.05, 0) is 86.0 Å². The fourth-order valence-corrected chi connectivity index (χ4v) is 10.6. The third-order valence-electron chi connectivity index (χ3n) is 13.7. The van der Waals surface area contributed by atoms with Gasteiger partial charge in [0.2, 0.25) is 0 Å². The zero-order chi connectivity index (χ0) is 45.0. The first-order valence-corrected chi connectivity index (χ1v) is 23.2. The lowest BCUT2D eigenvalue weighted by Gasteiger charge is -2.42. The van der Waals surface area contributed by atoms with Crippen LogP contribution >= 0.6 is 0 Å². The van der Waals surface area contributed by atoms with Crippen LogP contribution in [0, 0.1) is 0 Å². The molecule has 0 N–H and O–H groups in total. The average molecular weight is 867 g/mol. The molecule has 0 radical (unpaired) electrons. The second-order valence-electron chi connectivity index (χ2n) is 17.5. The zero-order valence-corrected chi connectivity index (χ0v) is 37.0. The summed E-state index contributed by atoms with van der Waals surface area (Å²) in [7, 11) is 0. The van der Waals surface area contributed by atoms with Gasteiger partial charge in [0.15, 0.2) is 17.5 Å². The summed E-state index contributed by atoms with van der Waals surface area (Å²) in [5, 5.41) is 2.43. The van der Waals surface area contributed by atoms with Crippen molar-refractivity contribution in [1.29, 1.82) is 0 Å². The van der Waals surface area contributed by atoms with E-state index in [4.69, 9.17) is 15.0 Å². The zero-order valence-electron chi connectivity index (χ0n) is 37.0. The van der Waals surface area contributed by atoms with Gasteiger partial charge in [-0.25, -0.2) is 15.0 Å². The lowest BCUT2D eigenvalue weighted by atomic mass is 9.63. The van der Waals surface area contributed by atoms with Crippen LogP contribution in [-0.2, 0) is 5.41 Å². The lowest BCUT2D eigenvalue weighted by molar-refractivity contribution is 0.728. The first-order valence-electron chi connectivity index (χ1n) is 23.2. The number of benzene rings is 10. The highest BCUT2D eigenvalue weighted by Gasteiger charge is 2.45. The molecule has 318 valence electrons. The Kier molecular flexibility index (Phi) is 9.36. The van der Waals surface area contributed by atoms with Crippen molar-refractivity contribution in [2.45, 2.75) is 5.41 Å². The van der Waals surface area contributed by atoms with Crippen LogP contribution in [0.3, 0.4) is 0 Å². The minimum absolute atomic E-state index is 0.612. The summed E-state index contributed by atoms with van der Waals surface area (Å²) in [6, 6.07) is 91.4. The monoisotopic (exact) mass is 866 g/mol. The number of hydrogen-bond acceptors (Lipinski definition) is 3. The van der Waals surface area contributed by atoms with Crippen molar-refractivity contribution < 1.29 is 0 Å². The lowest BCUT2D eigenvalue weighted by Crippen LogP contribution is -2.35. The number of rotatable bonds is 8. The van der Waals surface area contributed by atoms with E-state index in [0.717, 1.165) is 50.1 Å². The van der Waals surface area contributed by atoms with Gasteiger partial charge in [0.25, 0.3) is 0 Å². The van der Waals surface area contributed by atoms with Crippen molar-refractivity contribution in [2.24, 2.45) is 0 Å². The van der Waals surface area contributed by atoms with E-state index in [1.165, 1.54) is 49.7 Å². The first-order chi connectivity index (χ1) is 33.7. The number of aromatic nitrogens is 4. The Morgan fingerprint density at radius 2 is 0.721 bits per heavy atom. The molecule has 0 fully saturated rings. The molecule has 2 aromatic heterocycles. The van der Waals surface area contributed by atoms with E-state index in [0.29, 0.717) is 17.5 Å². The van der Waals surface area contributed by atoms with Gasteiger partial charge in [0.05, 0.1) is 22.1 Å². The van der Waals surface area contributed by atoms with Crippen molar-refractivity contribution >= 4 is 21.8 Å². The normalized spacial score (nSPS) is 12.5. The molecule has 0 bridgehead atoms. The van der Waals surface area contributed by atoms with E-state index < -0.39 is 5.41 Å². The van der Waals surface area contributed by atoms with Gasteiger partial charge in [0.1, 0.15) is 0 Å². The van der Waals surface area contributed by atoms with Crippen molar-refractivity contribution in [3.8, 4) is 73.2 Å². The Morgan fingerprint density at radius 1 is 0.279 bits per heavy atom. The molecule has 0 unspecified atom stereocenters. The maximum atomic E-state index is 5.24. The third kappa shape index (κ3) is 6.41. The molecule has 4 heteroatoms. The standard InChI is InChI=1S/C64H42N4/c1-5-18-43(19-6-1)45-32-36-47(37-33-45)61-65-62(48-38-34-46(35-39-48)44-20-7-2-8-21-44)67-63(66-61)50-23-17-22-49(40-50)51-41-55-54-28-13-15-30-58(54)68-59-31-16-14-29-56(59)64(57(42-51)60(55)68,52-24-9-3-10-25-52)53-26-11-4-12-27-53/h1-42H. The van der Waals surface area contributed by atoms with Crippen molar-refractivity contribution in [3.05, 3.63) is 277 Å². The van der Waals surface area contributed by atoms with E-state index in [9.17, 15) is 0 Å². The predicted molar refractivity (Wildman–Crippen MR) is 279 cm³/mol. The van der Waals surface area contributed by atoms with Crippen LogP contribution in [0.5, 0.6) is 0 Å². The molecular weight excluding hydrogens is 825 g/mol. The Labute approximate surface area is 395 Å². The van der Waals surface area contributed by atoms with Crippen LogP contribution in [-0.4, -0.2) is 19.5 Å². The molecule has 1 aliphatic heterocycles. The Balaban J connectivity index is 1.01. The molecule has 68 heavy (non-hydrogen) atoms. The molecule has 0 saturated heterocycles. The SMILES string of the molecule is c1ccc(-c2ccc(-c3nc(-c4ccc(-c5ccccc5)cc4)nc(-c4cccc(-c5cc6c7c(c5)c5ccccc5n7-c5ccccc5C6(c5ccccc5)c5ccccc5)c4)n3)cc2)cc1. The van der Waals surface area contributed by atoms with Crippen molar-refractivity contribution in [1.82, 2.24) is 19.5 Å². The van der Waals surface area contributed by atoms with Gasteiger partial charge in [0, 0.05) is 27.5 Å². The molecule has 0 amide bonds.